The normalized spacial score (nSPS) is 12.9. The summed E-state index contributed by atoms with van der Waals surface area (Å²) >= 11 is 0. The summed E-state index contributed by atoms with van der Waals surface area (Å²) in [4.78, 5) is 22.6. The number of para-hydroxylation sites is 1. The average Bonchev–Trinajstić information content (AvgIpc) is 2.57. The summed E-state index contributed by atoms with van der Waals surface area (Å²) in [5.74, 6) is -0.168. The number of nitrogens with two attached hydrogens (primary N) is 1. The van der Waals surface area contributed by atoms with Gasteiger partial charge in [0, 0.05) is 0 Å². The number of carbonyl (C=O) groups excluding carboxylic acids is 1. The first-order chi connectivity index (χ1) is 11.5. The fourth-order valence-electron chi connectivity index (χ4n) is 2.05. The Morgan fingerprint density at radius 3 is 2.25 bits per heavy atom. The number of benzene rings is 2. The van der Waals surface area contributed by atoms with Gasteiger partial charge in [-0.2, -0.15) is 0 Å². The van der Waals surface area contributed by atoms with Crippen molar-refractivity contribution in [2.45, 2.75) is 25.4 Å². The Labute approximate surface area is 140 Å². The first kappa shape index (κ1) is 17.5. The molecule has 0 radical (unpaired) electrons. The van der Waals surface area contributed by atoms with E-state index in [1.807, 2.05) is 42.5 Å². The van der Waals surface area contributed by atoms with Crippen LogP contribution in [0.2, 0.25) is 0 Å². The Morgan fingerprint density at radius 2 is 1.67 bits per heavy atom. The van der Waals surface area contributed by atoms with Crippen LogP contribution in [-0.2, 0) is 16.0 Å². The molecule has 0 saturated heterocycles. The van der Waals surface area contributed by atoms with Crippen molar-refractivity contribution in [3.63, 3.8) is 0 Å². The number of ether oxygens (including phenoxy) is 1. The lowest BCUT2D eigenvalue weighted by Gasteiger charge is -2.15. The SMILES string of the molecule is C[C@H](NC(=O)[C@@H](N)Cc1ccc(Oc2ccccc2)cc1)C(=O)O. The highest BCUT2D eigenvalue weighted by molar-refractivity contribution is 5.86. The van der Waals surface area contributed by atoms with Crippen molar-refractivity contribution in [2.24, 2.45) is 5.73 Å². The smallest absolute Gasteiger partial charge is 0.325 e. The molecule has 126 valence electrons. The molecule has 0 aliphatic carbocycles. The average molecular weight is 328 g/mol. The van der Waals surface area contributed by atoms with Gasteiger partial charge in [-0.3, -0.25) is 9.59 Å². The van der Waals surface area contributed by atoms with E-state index < -0.39 is 24.0 Å². The van der Waals surface area contributed by atoms with Gasteiger partial charge < -0.3 is 20.9 Å². The van der Waals surface area contributed by atoms with Crippen LogP contribution in [0.3, 0.4) is 0 Å². The van der Waals surface area contributed by atoms with Gasteiger partial charge in [0.2, 0.25) is 5.91 Å². The minimum atomic E-state index is -1.10. The molecule has 0 saturated carbocycles. The van der Waals surface area contributed by atoms with Crippen LogP contribution in [0.1, 0.15) is 12.5 Å². The van der Waals surface area contributed by atoms with E-state index in [2.05, 4.69) is 5.32 Å². The van der Waals surface area contributed by atoms with E-state index >= 15 is 0 Å². The van der Waals surface area contributed by atoms with Gasteiger partial charge in [-0.1, -0.05) is 30.3 Å². The molecule has 0 spiro atoms. The number of carbonyl (C=O) groups is 2. The van der Waals surface area contributed by atoms with Crippen LogP contribution < -0.4 is 15.8 Å². The second kappa shape index (κ2) is 8.12. The molecule has 24 heavy (non-hydrogen) atoms. The molecule has 0 fully saturated rings. The molecule has 4 N–H and O–H groups in total. The molecule has 0 aromatic heterocycles. The molecule has 2 aromatic rings. The fourth-order valence-corrected chi connectivity index (χ4v) is 2.05. The van der Waals surface area contributed by atoms with Gasteiger partial charge in [0.15, 0.2) is 0 Å². The highest BCUT2D eigenvalue weighted by Gasteiger charge is 2.19. The molecule has 0 aliphatic heterocycles. The van der Waals surface area contributed by atoms with Crippen molar-refractivity contribution >= 4 is 11.9 Å². The van der Waals surface area contributed by atoms with Crippen molar-refractivity contribution in [1.29, 1.82) is 0 Å². The monoisotopic (exact) mass is 328 g/mol. The Hall–Kier alpha value is -2.86. The van der Waals surface area contributed by atoms with Crippen LogP contribution in [0, 0.1) is 0 Å². The molecular weight excluding hydrogens is 308 g/mol. The van der Waals surface area contributed by atoms with Crippen molar-refractivity contribution in [2.75, 3.05) is 0 Å². The Bertz CT molecular complexity index is 686. The molecule has 0 heterocycles. The van der Waals surface area contributed by atoms with Crippen LogP contribution in [-0.4, -0.2) is 29.1 Å². The minimum Gasteiger partial charge on any atom is -0.480 e. The summed E-state index contributed by atoms with van der Waals surface area (Å²) in [5.41, 5.74) is 6.69. The second-order valence-corrected chi connectivity index (χ2v) is 5.44. The third kappa shape index (κ3) is 5.10. The van der Waals surface area contributed by atoms with Crippen molar-refractivity contribution in [3.05, 3.63) is 60.2 Å². The zero-order chi connectivity index (χ0) is 17.5. The lowest BCUT2D eigenvalue weighted by Crippen LogP contribution is -2.48. The zero-order valence-electron chi connectivity index (χ0n) is 13.3. The van der Waals surface area contributed by atoms with E-state index in [1.54, 1.807) is 12.1 Å². The second-order valence-electron chi connectivity index (χ2n) is 5.44. The van der Waals surface area contributed by atoms with Crippen LogP contribution in [0.5, 0.6) is 11.5 Å². The van der Waals surface area contributed by atoms with Gasteiger partial charge in [-0.05, 0) is 43.2 Å². The number of rotatable bonds is 7. The molecule has 6 heteroatoms. The van der Waals surface area contributed by atoms with Crippen molar-refractivity contribution in [3.8, 4) is 11.5 Å². The van der Waals surface area contributed by atoms with Gasteiger partial charge in [-0.25, -0.2) is 0 Å². The molecule has 2 atom stereocenters. The highest BCUT2D eigenvalue weighted by Crippen LogP contribution is 2.21. The van der Waals surface area contributed by atoms with E-state index in [4.69, 9.17) is 15.6 Å². The topological polar surface area (TPSA) is 102 Å². The third-order valence-electron chi connectivity index (χ3n) is 3.42. The van der Waals surface area contributed by atoms with E-state index in [9.17, 15) is 9.59 Å². The summed E-state index contributed by atoms with van der Waals surface area (Å²) in [5, 5.41) is 11.1. The largest absolute Gasteiger partial charge is 0.480 e. The number of nitrogens with one attached hydrogen (secondary N) is 1. The first-order valence-electron chi connectivity index (χ1n) is 7.56. The zero-order valence-corrected chi connectivity index (χ0v) is 13.3. The van der Waals surface area contributed by atoms with Crippen LogP contribution in [0.15, 0.2) is 54.6 Å². The molecule has 0 aliphatic rings. The van der Waals surface area contributed by atoms with Crippen molar-refractivity contribution in [1.82, 2.24) is 5.32 Å². The van der Waals surface area contributed by atoms with Crippen molar-refractivity contribution < 1.29 is 19.4 Å². The van der Waals surface area contributed by atoms with Crippen LogP contribution >= 0.6 is 0 Å². The highest BCUT2D eigenvalue weighted by atomic mass is 16.5. The summed E-state index contributed by atoms with van der Waals surface area (Å²) in [6, 6.07) is 14.9. The quantitative estimate of drug-likeness (QED) is 0.721. The Kier molecular flexibility index (Phi) is 5.92. The molecule has 0 unspecified atom stereocenters. The summed E-state index contributed by atoms with van der Waals surface area (Å²) in [6.07, 6.45) is 0.309. The predicted molar refractivity (Wildman–Crippen MR) is 89.9 cm³/mol. The Morgan fingerprint density at radius 1 is 1.08 bits per heavy atom. The number of aliphatic carboxylic acids is 1. The third-order valence-corrected chi connectivity index (χ3v) is 3.42. The molecule has 2 aromatic carbocycles. The van der Waals surface area contributed by atoms with E-state index in [0.29, 0.717) is 12.2 Å². The molecule has 1 amide bonds. The fraction of sp³-hybridized carbons (Fsp3) is 0.222. The number of carboxylic acid groups (broad SMARTS) is 1. The maximum absolute atomic E-state index is 11.8. The minimum absolute atomic E-state index is 0.309. The summed E-state index contributed by atoms with van der Waals surface area (Å²) in [7, 11) is 0. The molecule has 0 bridgehead atoms. The number of amides is 1. The molecule has 6 nitrogen and oxygen atoms in total. The Balaban J connectivity index is 1.91. The number of carboxylic acids is 1. The first-order valence-corrected chi connectivity index (χ1v) is 7.56. The van der Waals surface area contributed by atoms with E-state index in [0.717, 1.165) is 11.3 Å². The lowest BCUT2D eigenvalue weighted by molar-refractivity contribution is -0.141. The van der Waals surface area contributed by atoms with Gasteiger partial charge in [-0.15, -0.1) is 0 Å². The maximum atomic E-state index is 11.8. The molecular formula is C18H20N2O4. The summed E-state index contributed by atoms with van der Waals surface area (Å²) in [6.45, 7) is 1.39. The maximum Gasteiger partial charge on any atom is 0.325 e. The molecule has 2 rings (SSSR count). The van der Waals surface area contributed by atoms with E-state index in [-0.39, 0.29) is 0 Å². The van der Waals surface area contributed by atoms with Gasteiger partial charge in [0.05, 0.1) is 6.04 Å². The number of hydrogen-bond donors (Lipinski definition) is 3. The number of hydrogen-bond acceptors (Lipinski definition) is 4. The summed E-state index contributed by atoms with van der Waals surface area (Å²) < 4.78 is 5.69. The lowest BCUT2D eigenvalue weighted by atomic mass is 10.1. The van der Waals surface area contributed by atoms with E-state index in [1.165, 1.54) is 6.92 Å². The van der Waals surface area contributed by atoms with Crippen LogP contribution in [0.4, 0.5) is 0 Å². The predicted octanol–water partition coefficient (Wildman–Crippen LogP) is 1.94. The van der Waals surface area contributed by atoms with Gasteiger partial charge in [0.25, 0.3) is 0 Å². The standard InChI is InChI=1S/C18H20N2O4/c1-12(18(22)23)20-17(21)16(19)11-13-7-9-15(10-8-13)24-14-5-3-2-4-6-14/h2-10,12,16H,11,19H2,1H3,(H,20,21)(H,22,23)/t12-,16-/m0/s1. The van der Waals surface area contributed by atoms with Gasteiger partial charge >= 0.3 is 5.97 Å². The van der Waals surface area contributed by atoms with Gasteiger partial charge in [0.1, 0.15) is 17.5 Å². The van der Waals surface area contributed by atoms with Crippen LogP contribution in [0.25, 0.3) is 0 Å².